The normalized spacial score (nSPS) is 11.2. The van der Waals surface area contributed by atoms with E-state index in [1.807, 2.05) is 19.1 Å². The Morgan fingerprint density at radius 2 is 1.80 bits per heavy atom. The Labute approximate surface area is 123 Å². The van der Waals surface area contributed by atoms with E-state index in [0.29, 0.717) is 11.8 Å². The van der Waals surface area contributed by atoms with Gasteiger partial charge in [-0.2, -0.15) is 0 Å². The van der Waals surface area contributed by atoms with Crippen molar-refractivity contribution in [3.8, 4) is 0 Å². The first-order valence-corrected chi connectivity index (χ1v) is 7.52. The lowest BCUT2D eigenvalue weighted by atomic mass is 10.1. The summed E-state index contributed by atoms with van der Waals surface area (Å²) >= 11 is 0. The van der Waals surface area contributed by atoms with Gasteiger partial charge in [-0.05, 0) is 13.0 Å². The molecule has 0 amide bonds. The Morgan fingerprint density at radius 1 is 1.20 bits per heavy atom. The zero-order chi connectivity index (χ0) is 15.4. The van der Waals surface area contributed by atoms with Gasteiger partial charge in [-0.3, -0.25) is 0 Å². The third-order valence-electron chi connectivity index (χ3n) is 3.13. The minimum Gasteiger partial charge on any atom is -0.388 e. The highest BCUT2D eigenvalue weighted by Crippen LogP contribution is 2.22. The number of hydrogen-bond acceptors (Lipinski definition) is 3. The molecule has 2 N–H and O–H groups in total. The summed E-state index contributed by atoms with van der Waals surface area (Å²) in [4.78, 5) is 10.4. The average molecular weight is 279 g/mol. The standard InChI is InChI=1S/C10H13NO2.C7H16/c1-7-3-4-9(11-2)8(5-7)10(13)6-12;1-3-5-7-6-4-2/h3-6,10-11,13H,1-2H3;3-7H2,1-2H3. The molecule has 0 spiro atoms. The van der Waals surface area contributed by atoms with Crippen molar-refractivity contribution in [3.63, 3.8) is 0 Å². The van der Waals surface area contributed by atoms with Crippen LogP contribution in [0.2, 0.25) is 0 Å². The van der Waals surface area contributed by atoms with Gasteiger partial charge in [0.2, 0.25) is 0 Å². The van der Waals surface area contributed by atoms with Crippen molar-refractivity contribution >= 4 is 12.0 Å². The van der Waals surface area contributed by atoms with Crippen LogP contribution in [0.4, 0.5) is 5.69 Å². The lowest BCUT2D eigenvalue weighted by Gasteiger charge is -2.11. The molecule has 1 atom stereocenters. The highest BCUT2D eigenvalue weighted by Gasteiger charge is 2.10. The minimum atomic E-state index is -1.04. The molecule has 1 aromatic carbocycles. The number of rotatable bonds is 7. The van der Waals surface area contributed by atoms with Gasteiger partial charge in [-0.15, -0.1) is 0 Å². The summed E-state index contributed by atoms with van der Waals surface area (Å²) in [5.41, 5.74) is 2.43. The fraction of sp³-hybridized carbons (Fsp3) is 0.588. The van der Waals surface area contributed by atoms with E-state index in [9.17, 15) is 9.90 Å². The van der Waals surface area contributed by atoms with Crippen molar-refractivity contribution < 1.29 is 9.90 Å². The maximum atomic E-state index is 10.4. The molecule has 1 aromatic rings. The molecule has 3 heteroatoms. The first kappa shape index (κ1) is 18.7. The van der Waals surface area contributed by atoms with Crippen LogP contribution in [0.3, 0.4) is 0 Å². The SMILES string of the molecule is CCCCCCC.CNc1ccc(C)cc1C(O)C=O. The summed E-state index contributed by atoms with van der Waals surface area (Å²) in [6, 6.07) is 5.56. The van der Waals surface area contributed by atoms with E-state index in [4.69, 9.17) is 0 Å². The molecule has 0 saturated heterocycles. The molecule has 20 heavy (non-hydrogen) atoms. The summed E-state index contributed by atoms with van der Waals surface area (Å²) in [6.07, 6.45) is 6.49. The van der Waals surface area contributed by atoms with Crippen LogP contribution in [-0.4, -0.2) is 18.4 Å². The van der Waals surface area contributed by atoms with E-state index in [1.165, 1.54) is 32.1 Å². The van der Waals surface area contributed by atoms with Crippen LogP contribution in [0.5, 0.6) is 0 Å². The van der Waals surface area contributed by atoms with Crippen molar-refractivity contribution in [2.24, 2.45) is 0 Å². The maximum absolute atomic E-state index is 10.4. The zero-order valence-electron chi connectivity index (χ0n) is 13.3. The van der Waals surface area contributed by atoms with Gasteiger partial charge in [0.1, 0.15) is 6.10 Å². The molecule has 0 heterocycles. The van der Waals surface area contributed by atoms with Crippen LogP contribution < -0.4 is 5.32 Å². The van der Waals surface area contributed by atoms with E-state index < -0.39 is 6.10 Å². The number of nitrogens with one attached hydrogen (secondary N) is 1. The monoisotopic (exact) mass is 279 g/mol. The number of carbonyl (C=O) groups is 1. The smallest absolute Gasteiger partial charge is 0.153 e. The molecule has 1 unspecified atom stereocenters. The molecule has 0 bridgehead atoms. The fourth-order valence-corrected chi connectivity index (χ4v) is 1.90. The topological polar surface area (TPSA) is 49.3 Å². The largest absolute Gasteiger partial charge is 0.388 e. The molecule has 0 radical (unpaired) electrons. The van der Waals surface area contributed by atoms with Crippen LogP contribution in [0.15, 0.2) is 18.2 Å². The second-order valence-electron chi connectivity index (χ2n) is 4.98. The molecule has 0 saturated carbocycles. The Balaban J connectivity index is 0.000000441. The number of unbranched alkanes of at least 4 members (excludes halogenated alkanes) is 4. The van der Waals surface area contributed by atoms with E-state index in [2.05, 4.69) is 19.2 Å². The first-order chi connectivity index (χ1) is 9.60. The van der Waals surface area contributed by atoms with Gasteiger partial charge in [-0.1, -0.05) is 63.6 Å². The van der Waals surface area contributed by atoms with Gasteiger partial charge < -0.3 is 15.2 Å². The zero-order valence-corrected chi connectivity index (χ0v) is 13.3. The number of aldehydes is 1. The molecule has 3 nitrogen and oxygen atoms in total. The highest BCUT2D eigenvalue weighted by atomic mass is 16.3. The van der Waals surface area contributed by atoms with Crippen LogP contribution in [0.25, 0.3) is 0 Å². The predicted octanol–water partition coefficient (Wildman–Crippen LogP) is 4.25. The Bertz CT molecular complexity index is 373. The number of carbonyl (C=O) groups excluding carboxylic acids is 1. The second kappa shape index (κ2) is 11.5. The Hall–Kier alpha value is -1.35. The molecular weight excluding hydrogens is 250 g/mol. The number of benzene rings is 1. The first-order valence-electron chi connectivity index (χ1n) is 7.52. The Kier molecular flexibility index (Phi) is 10.7. The molecule has 1 rings (SSSR count). The van der Waals surface area contributed by atoms with Crippen molar-refractivity contribution in [2.45, 2.75) is 59.0 Å². The molecule has 0 aliphatic carbocycles. The Morgan fingerprint density at radius 3 is 2.25 bits per heavy atom. The fourth-order valence-electron chi connectivity index (χ4n) is 1.90. The molecule has 0 aliphatic heterocycles. The number of aliphatic hydroxyl groups is 1. The van der Waals surface area contributed by atoms with Crippen LogP contribution in [0.1, 0.15) is 63.2 Å². The van der Waals surface area contributed by atoms with Gasteiger partial charge in [0, 0.05) is 18.3 Å². The minimum absolute atomic E-state index is 0.523. The van der Waals surface area contributed by atoms with Gasteiger partial charge in [-0.25, -0.2) is 0 Å². The third kappa shape index (κ3) is 7.29. The summed E-state index contributed by atoms with van der Waals surface area (Å²) in [5, 5.41) is 12.3. The number of anilines is 1. The van der Waals surface area contributed by atoms with Crippen LogP contribution in [0, 0.1) is 6.92 Å². The second-order valence-corrected chi connectivity index (χ2v) is 4.98. The highest BCUT2D eigenvalue weighted by molar-refractivity contribution is 5.66. The number of aryl methyl sites for hydroxylation is 1. The van der Waals surface area contributed by atoms with Crippen molar-refractivity contribution in [2.75, 3.05) is 12.4 Å². The van der Waals surface area contributed by atoms with E-state index >= 15 is 0 Å². The van der Waals surface area contributed by atoms with E-state index in [-0.39, 0.29) is 0 Å². The van der Waals surface area contributed by atoms with Gasteiger partial charge >= 0.3 is 0 Å². The number of aliphatic hydroxyl groups excluding tert-OH is 1. The van der Waals surface area contributed by atoms with Crippen molar-refractivity contribution in [3.05, 3.63) is 29.3 Å². The van der Waals surface area contributed by atoms with E-state index in [1.54, 1.807) is 13.1 Å². The van der Waals surface area contributed by atoms with Crippen LogP contribution >= 0.6 is 0 Å². The third-order valence-corrected chi connectivity index (χ3v) is 3.13. The van der Waals surface area contributed by atoms with Crippen molar-refractivity contribution in [1.82, 2.24) is 0 Å². The maximum Gasteiger partial charge on any atom is 0.153 e. The lowest BCUT2D eigenvalue weighted by Crippen LogP contribution is -2.03. The summed E-state index contributed by atoms with van der Waals surface area (Å²) < 4.78 is 0. The summed E-state index contributed by atoms with van der Waals surface area (Å²) in [5.74, 6) is 0. The van der Waals surface area contributed by atoms with Gasteiger partial charge in [0.15, 0.2) is 6.29 Å². The quantitative estimate of drug-likeness (QED) is 0.579. The summed E-state index contributed by atoms with van der Waals surface area (Å²) in [6.45, 7) is 6.41. The average Bonchev–Trinajstić information content (AvgIpc) is 2.47. The van der Waals surface area contributed by atoms with Gasteiger partial charge in [0.25, 0.3) is 0 Å². The molecule has 0 fully saturated rings. The van der Waals surface area contributed by atoms with Gasteiger partial charge in [0.05, 0.1) is 0 Å². The number of hydrogen-bond donors (Lipinski definition) is 2. The summed E-state index contributed by atoms with van der Waals surface area (Å²) in [7, 11) is 1.76. The lowest BCUT2D eigenvalue weighted by molar-refractivity contribution is -0.115. The molecule has 0 aliphatic rings. The molecule has 0 aromatic heterocycles. The predicted molar refractivity (Wildman–Crippen MR) is 86.2 cm³/mol. The molecule has 114 valence electrons. The van der Waals surface area contributed by atoms with Crippen molar-refractivity contribution in [1.29, 1.82) is 0 Å². The van der Waals surface area contributed by atoms with Crippen LogP contribution in [-0.2, 0) is 4.79 Å². The molecular formula is C17H29NO2. The van der Waals surface area contributed by atoms with E-state index in [0.717, 1.165) is 11.3 Å².